The van der Waals surface area contributed by atoms with Gasteiger partial charge in [0.05, 0.1) is 6.21 Å². The molecule has 0 saturated heterocycles. The molecule has 0 rings (SSSR count). The van der Waals surface area contributed by atoms with E-state index < -0.39 is 0 Å². The van der Waals surface area contributed by atoms with Crippen molar-refractivity contribution in [1.29, 1.82) is 0 Å². The van der Waals surface area contributed by atoms with Gasteiger partial charge < -0.3 is 4.84 Å². The number of nitrogens with zero attached hydrogens (tertiary/aromatic N) is 1. The summed E-state index contributed by atoms with van der Waals surface area (Å²) in [5.41, 5.74) is 0.891. The average Bonchev–Trinajstić information content (AvgIpc) is 1.61. The first-order valence-corrected chi connectivity index (χ1v) is 1.99. The zero-order valence-corrected chi connectivity index (χ0v) is 4.64. The molecule has 0 bridgehead atoms. The second-order valence-corrected chi connectivity index (χ2v) is 1.26. The second kappa shape index (κ2) is 3.40. The fourth-order valence-corrected chi connectivity index (χ4v) is 0.143. The summed E-state index contributed by atoms with van der Waals surface area (Å²) in [6.07, 6.45) is 1.56. The number of hydrogen-bond acceptors (Lipinski definition) is 2. The molecule has 0 aromatic heterocycles. The first-order chi connectivity index (χ1) is 3.27. The van der Waals surface area contributed by atoms with E-state index in [4.69, 9.17) is 0 Å². The largest absolute Gasteiger partial charge is 0.399 e. The van der Waals surface area contributed by atoms with Crippen molar-refractivity contribution in [2.24, 2.45) is 5.16 Å². The van der Waals surface area contributed by atoms with Gasteiger partial charge in [0.2, 0.25) is 0 Å². The molecule has 0 aliphatic rings. The molecule has 2 heteroatoms. The summed E-state index contributed by atoms with van der Waals surface area (Å²) in [5.74, 6) is 0. The first-order valence-electron chi connectivity index (χ1n) is 1.99. The molecule has 2 nitrogen and oxygen atoms in total. The summed E-state index contributed by atoms with van der Waals surface area (Å²) in [6.45, 7) is 5.41. The minimum atomic E-state index is 0.891. The van der Waals surface area contributed by atoms with Crippen molar-refractivity contribution in [3.8, 4) is 0 Å². The van der Waals surface area contributed by atoms with Crippen molar-refractivity contribution in [2.75, 3.05) is 7.11 Å². The van der Waals surface area contributed by atoms with Crippen LogP contribution < -0.4 is 0 Å². The van der Waals surface area contributed by atoms with E-state index in [0.29, 0.717) is 0 Å². The van der Waals surface area contributed by atoms with E-state index in [2.05, 4.69) is 16.6 Å². The van der Waals surface area contributed by atoms with E-state index >= 15 is 0 Å². The van der Waals surface area contributed by atoms with Crippen molar-refractivity contribution in [2.45, 2.75) is 6.92 Å². The van der Waals surface area contributed by atoms with Crippen LogP contribution in [-0.4, -0.2) is 13.3 Å². The predicted octanol–water partition coefficient (Wildman–Crippen LogP) is 1.19. The number of rotatable bonds is 2. The molecule has 0 saturated carbocycles. The number of oxime groups is 1. The third kappa shape index (κ3) is 5.21. The fourth-order valence-electron chi connectivity index (χ4n) is 0.143. The van der Waals surface area contributed by atoms with Crippen LogP contribution in [-0.2, 0) is 4.84 Å². The highest BCUT2D eigenvalue weighted by Gasteiger charge is 1.69. The number of allylic oxidation sites excluding steroid dienone is 1. The highest BCUT2D eigenvalue weighted by atomic mass is 16.6. The monoisotopic (exact) mass is 99.1 g/mol. The Bertz CT molecular complexity index is 86.1. The van der Waals surface area contributed by atoms with Crippen LogP contribution in [0.1, 0.15) is 6.92 Å². The van der Waals surface area contributed by atoms with Crippen molar-refractivity contribution in [3.63, 3.8) is 0 Å². The zero-order valence-electron chi connectivity index (χ0n) is 4.64. The molecule has 0 aliphatic carbocycles. The minimum Gasteiger partial charge on any atom is -0.399 e. The lowest BCUT2D eigenvalue weighted by Crippen LogP contribution is -1.73. The summed E-state index contributed by atoms with van der Waals surface area (Å²) in [6, 6.07) is 0. The van der Waals surface area contributed by atoms with Gasteiger partial charge in [0.1, 0.15) is 7.11 Å². The Labute approximate surface area is 43.5 Å². The first kappa shape index (κ1) is 6.21. The zero-order chi connectivity index (χ0) is 5.70. The van der Waals surface area contributed by atoms with Gasteiger partial charge in [-0.2, -0.15) is 0 Å². The lowest BCUT2D eigenvalue weighted by molar-refractivity contribution is 0.215. The van der Waals surface area contributed by atoms with Crippen molar-refractivity contribution >= 4 is 6.21 Å². The lowest BCUT2D eigenvalue weighted by Gasteiger charge is -1.82. The predicted molar refractivity (Wildman–Crippen MR) is 30.3 cm³/mol. The van der Waals surface area contributed by atoms with Crippen LogP contribution in [0.5, 0.6) is 0 Å². The molecule has 40 valence electrons. The van der Waals surface area contributed by atoms with Crippen LogP contribution in [0.3, 0.4) is 0 Å². The SMILES string of the molecule is C=C(C)/C=N\OC. The lowest BCUT2D eigenvalue weighted by atomic mass is 10.4. The highest BCUT2D eigenvalue weighted by Crippen LogP contribution is 1.77. The molecule has 0 aliphatic heterocycles. The standard InChI is InChI=1S/C5H9NO/c1-5(2)4-6-7-3/h4H,1H2,2-3H3/b6-4-. The Morgan fingerprint density at radius 3 is 2.57 bits per heavy atom. The van der Waals surface area contributed by atoms with Crippen molar-refractivity contribution in [1.82, 2.24) is 0 Å². The van der Waals surface area contributed by atoms with Crippen LogP contribution >= 0.6 is 0 Å². The second-order valence-electron chi connectivity index (χ2n) is 1.26. The summed E-state index contributed by atoms with van der Waals surface area (Å²) >= 11 is 0. The van der Waals surface area contributed by atoms with Crippen LogP contribution in [0.4, 0.5) is 0 Å². The molecule has 0 radical (unpaired) electrons. The molecule has 7 heavy (non-hydrogen) atoms. The van der Waals surface area contributed by atoms with Crippen LogP contribution in [0, 0.1) is 0 Å². The molecule has 0 aromatic rings. The molecular formula is C5H9NO. The quantitative estimate of drug-likeness (QED) is 0.376. The average molecular weight is 99.1 g/mol. The Morgan fingerprint density at radius 1 is 1.86 bits per heavy atom. The molecule has 0 atom stereocenters. The van der Waals surface area contributed by atoms with Crippen molar-refractivity contribution < 1.29 is 4.84 Å². The molecular weight excluding hydrogens is 90.1 g/mol. The third-order valence-electron chi connectivity index (χ3n) is 0.379. The third-order valence-corrected chi connectivity index (χ3v) is 0.379. The van der Waals surface area contributed by atoms with Crippen LogP contribution in [0.25, 0.3) is 0 Å². The highest BCUT2D eigenvalue weighted by molar-refractivity contribution is 5.75. The smallest absolute Gasteiger partial charge is 0.106 e. The van der Waals surface area contributed by atoms with Gasteiger partial charge in [-0.15, -0.1) is 0 Å². The Morgan fingerprint density at radius 2 is 2.43 bits per heavy atom. The number of hydrogen-bond donors (Lipinski definition) is 0. The van der Waals surface area contributed by atoms with Gasteiger partial charge in [0, 0.05) is 0 Å². The van der Waals surface area contributed by atoms with E-state index in [-0.39, 0.29) is 0 Å². The normalized spacial score (nSPS) is 9.43. The van der Waals surface area contributed by atoms with Gasteiger partial charge in [-0.3, -0.25) is 0 Å². The summed E-state index contributed by atoms with van der Waals surface area (Å²) in [4.78, 5) is 4.36. The molecule has 0 fully saturated rings. The Hall–Kier alpha value is -0.790. The van der Waals surface area contributed by atoms with Crippen LogP contribution in [0.15, 0.2) is 17.3 Å². The van der Waals surface area contributed by atoms with Crippen LogP contribution in [0.2, 0.25) is 0 Å². The van der Waals surface area contributed by atoms with Gasteiger partial charge in [0.15, 0.2) is 0 Å². The maximum atomic E-state index is 4.36. The maximum Gasteiger partial charge on any atom is 0.106 e. The summed E-state index contributed by atoms with van der Waals surface area (Å²) in [7, 11) is 1.50. The summed E-state index contributed by atoms with van der Waals surface area (Å²) in [5, 5.41) is 3.45. The molecule has 0 aromatic carbocycles. The van der Waals surface area contributed by atoms with E-state index in [0.717, 1.165) is 5.57 Å². The van der Waals surface area contributed by atoms with E-state index in [9.17, 15) is 0 Å². The Balaban J connectivity index is 3.26. The van der Waals surface area contributed by atoms with Gasteiger partial charge in [-0.1, -0.05) is 11.7 Å². The van der Waals surface area contributed by atoms with Gasteiger partial charge in [0.25, 0.3) is 0 Å². The summed E-state index contributed by atoms with van der Waals surface area (Å²) < 4.78 is 0. The van der Waals surface area contributed by atoms with E-state index in [1.54, 1.807) is 6.21 Å². The minimum absolute atomic E-state index is 0.891. The molecule has 0 spiro atoms. The van der Waals surface area contributed by atoms with Gasteiger partial charge in [-0.05, 0) is 12.5 Å². The fraction of sp³-hybridized carbons (Fsp3) is 0.400. The van der Waals surface area contributed by atoms with E-state index in [1.165, 1.54) is 7.11 Å². The van der Waals surface area contributed by atoms with Crippen molar-refractivity contribution in [3.05, 3.63) is 12.2 Å². The molecule has 0 unspecified atom stereocenters. The van der Waals surface area contributed by atoms with E-state index in [1.807, 2.05) is 6.92 Å². The molecule has 0 amide bonds. The maximum absolute atomic E-state index is 4.36. The van der Waals surface area contributed by atoms with Gasteiger partial charge >= 0.3 is 0 Å². The topological polar surface area (TPSA) is 21.6 Å². The van der Waals surface area contributed by atoms with Gasteiger partial charge in [-0.25, -0.2) is 0 Å². The molecule has 0 N–H and O–H groups in total. The Kier molecular flexibility index (Phi) is 3.02. The molecule has 0 heterocycles.